The maximum atomic E-state index is 12.4. The fourth-order valence-corrected chi connectivity index (χ4v) is 2.92. The summed E-state index contributed by atoms with van der Waals surface area (Å²) in [7, 11) is 4.67. The molecule has 0 bridgehead atoms. The van der Waals surface area contributed by atoms with Gasteiger partial charge in [-0.15, -0.1) is 0 Å². The molecule has 6 nitrogen and oxygen atoms in total. The molecule has 0 aromatic heterocycles. The first-order valence-electron chi connectivity index (χ1n) is 8.33. The van der Waals surface area contributed by atoms with Crippen molar-refractivity contribution in [1.29, 1.82) is 0 Å². The Morgan fingerprint density at radius 1 is 0.885 bits per heavy atom. The Bertz CT molecular complexity index is 822. The van der Waals surface area contributed by atoms with E-state index in [9.17, 15) is 4.79 Å². The summed E-state index contributed by atoms with van der Waals surface area (Å²) in [6, 6.07) is 10.7. The van der Waals surface area contributed by atoms with E-state index in [1.165, 1.54) is 19.8 Å². The molecule has 26 heavy (non-hydrogen) atoms. The van der Waals surface area contributed by atoms with Crippen LogP contribution in [0.5, 0.6) is 17.2 Å². The maximum absolute atomic E-state index is 12.4. The molecule has 0 amide bonds. The van der Waals surface area contributed by atoms with Gasteiger partial charge in [-0.05, 0) is 49.1 Å². The molecule has 2 aromatic rings. The van der Waals surface area contributed by atoms with Crippen molar-refractivity contribution >= 4 is 11.7 Å². The Balaban J connectivity index is 1.84. The second-order valence-corrected chi connectivity index (χ2v) is 5.89. The van der Waals surface area contributed by atoms with Gasteiger partial charge in [-0.2, -0.15) is 0 Å². The SMILES string of the molecule is COc1cc(OC)cc(C(=O)O/N=C2/CCCc3ccc(OC)cc32)c1. The van der Waals surface area contributed by atoms with Crippen LogP contribution in [0.2, 0.25) is 0 Å². The lowest BCUT2D eigenvalue weighted by Crippen LogP contribution is -2.14. The molecule has 0 atom stereocenters. The van der Waals surface area contributed by atoms with Crippen LogP contribution in [0.25, 0.3) is 0 Å². The van der Waals surface area contributed by atoms with E-state index < -0.39 is 5.97 Å². The third kappa shape index (κ3) is 3.79. The summed E-state index contributed by atoms with van der Waals surface area (Å²) < 4.78 is 15.6. The van der Waals surface area contributed by atoms with Crippen molar-refractivity contribution in [2.75, 3.05) is 21.3 Å². The first kappa shape index (κ1) is 17.8. The summed E-state index contributed by atoms with van der Waals surface area (Å²) in [6.45, 7) is 0. The average molecular weight is 355 g/mol. The fraction of sp³-hybridized carbons (Fsp3) is 0.300. The third-order valence-electron chi connectivity index (χ3n) is 4.31. The van der Waals surface area contributed by atoms with Crippen LogP contribution in [-0.2, 0) is 11.3 Å². The molecule has 3 rings (SSSR count). The van der Waals surface area contributed by atoms with Crippen molar-refractivity contribution in [3.63, 3.8) is 0 Å². The fourth-order valence-electron chi connectivity index (χ4n) is 2.92. The molecule has 0 heterocycles. The summed E-state index contributed by atoms with van der Waals surface area (Å²) in [6.07, 6.45) is 2.68. The molecule has 1 aliphatic carbocycles. The molecule has 0 radical (unpaired) electrons. The molecule has 6 heteroatoms. The predicted octanol–water partition coefficient (Wildman–Crippen LogP) is 3.61. The van der Waals surface area contributed by atoms with Crippen molar-refractivity contribution in [3.8, 4) is 17.2 Å². The number of fused-ring (bicyclic) bond motifs is 1. The van der Waals surface area contributed by atoms with Crippen LogP contribution >= 0.6 is 0 Å². The number of ether oxygens (including phenoxy) is 3. The zero-order chi connectivity index (χ0) is 18.5. The topological polar surface area (TPSA) is 66.4 Å². The first-order valence-corrected chi connectivity index (χ1v) is 8.33. The van der Waals surface area contributed by atoms with Gasteiger partial charge in [-0.1, -0.05) is 11.2 Å². The first-order chi connectivity index (χ1) is 12.6. The molecule has 0 N–H and O–H groups in total. The Morgan fingerprint density at radius 2 is 1.58 bits per heavy atom. The van der Waals surface area contributed by atoms with E-state index in [-0.39, 0.29) is 0 Å². The normalized spacial score (nSPS) is 14.5. The van der Waals surface area contributed by atoms with E-state index in [4.69, 9.17) is 19.0 Å². The van der Waals surface area contributed by atoms with Gasteiger partial charge in [-0.25, -0.2) is 4.79 Å². The molecule has 136 valence electrons. The molecular weight excluding hydrogens is 334 g/mol. The highest BCUT2D eigenvalue weighted by Crippen LogP contribution is 2.27. The zero-order valence-electron chi connectivity index (χ0n) is 15.1. The van der Waals surface area contributed by atoms with E-state index in [2.05, 4.69) is 5.16 Å². The largest absolute Gasteiger partial charge is 0.497 e. The molecule has 1 aliphatic rings. The minimum Gasteiger partial charge on any atom is -0.497 e. The summed E-state index contributed by atoms with van der Waals surface area (Å²) in [4.78, 5) is 17.6. The van der Waals surface area contributed by atoms with Crippen LogP contribution in [-0.4, -0.2) is 33.0 Å². The summed E-state index contributed by atoms with van der Waals surface area (Å²) >= 11 is 0. The number of rotatable bonds is 5. The monoisotopic (exact) mass is 355 g/mol. The number of hydrogen-bond donors (Lipinski definition) is 0. The predicted molar refractivity (Wildman–Crippen MR) is 97.4 cm³/mol. The van der Waals surface area contributed by atoms with Gasteiger partial charge in [0.25, 0.3) is 0 Å². The summed E-state index contributed by atoms with van der Waals surface area (Å²) in [5.41, 5.74) is 3.20. The van der Waals surface area contributed by atoms with Gasteiger partial charge in [-0.3, -0.25) is 0 Å². The molecular formula is C20H21NO5. The van der Waals surface area contributed by atoms with E-state index >= 15 is 0 Å². The number of nitrogens with zero attached hydrogens (tertiary/aromatic N) is 1. The van der Waals surface area contributed by atoms with E-state index in [0.717, 1.165) is 36.3 Å². The number of aryl methyl sites for hydroxylation is 1. The van der Waals surface area contributed by atoms with Crippen LogP contribution in [0.15, 0.2) is 41.6 Å². The van der Waals surface area contributed by atoms with Gasteiger partial charge < -0.3 is 19.0 Å². The second-order valence-electron chi connectivity index (χ2n) is 5.89. The quantitative estimate of drug-likeness (QED) is 0.605. The number of oxime groups is 1. The molecule has 2 aromatic carbocycles. The molecule has 0 aliphatic heterocycles. The van der Waals surface area contributed by atoms with Crippen LogP contribution in [0, 0.1) is 0 Å². The smallest absolute Gasteiger partial charge is 0.366 e. The lowest BCUT2D eigenvalue weighted by Gasteiger charge is -2.18. The number of carbonyl (C=O) groups excluding carboxylic acids is 1. The molecule has 0 saturated heterocycles. The maximum Gasteiger partial charge on any atom is 0.366 e. The standard InChI is InChI=1S/C20H21NO5/c1-23-15-8-7-13-5-4-6-19(18(13)12-15)21-26-20(22)14-9-16(24-2)11-17(10-14)25-3/h7-12H,4-6H2,1-3H3/b21-19-. The third-order valence-corrected chi connectivity index (χ3v) is 4.31. The summed E-state index contributed by atoms with van der Waals surface area (Å²) in [5.74, 6) is 1.21. The van der Waals surface area contributed by atoms with Crippen molar-refractivity contribution in [2.45, 2.75) is 19.3 Å². The van der Waals surface area contributed by atoms with Crippen molar-refractivity contribution in [1.82, 2.24) is 0 Å². The van der Waals surface area contributed by atoms with Gasteiger partial charge in [0.1, 0.15) is 17.2 Å². The lowest BCUT2D eigenvalue weighted by atomic mass is 9.90. The summed E-state index contributed by atoms with van der Waals surface area (Å²) in [5, 5.41) is 4.12. The molecule has 0 spiro atoms. The van der Waals surface area contributed by atoms with E-state index in [0.29, 0.717) is 17.1 Å². The van der Waals surface area contributed by atoms with Crippen LogP contribution in [0.1, 0.15) is 34.3 Å². The van der Waals surface area contributed by atoms with Crippen molar-refractivity contribution in [2.24, 2.45) is 5.16 Å². The lowest BCUT2D eigenvalue weighted by molar-refractivity contribution is 0.0514. The highest BCUT2D eigenvalue weighted by atomic mass is 16.7. The van der Waals surface area contributed by atoms with Crippen molar-refractivity contribution < 1.29 is 23.8 Å². The van der Waals surface area contributed by atoms with Crippen LogP contribution in [0.3, 0.4) is 0 Å². The molecule has 0 unspecified atom stereocenters. The van der Waals surface area contributed by atoms with Crippen LogP contribution < -0.4 is 14.2 Å². The molecule has 0 saturated carbocycles. The van der Waals surface area contributed by atoms with Crippen LogP contribution in [0.4, 0.5) is 0 Å². The Labute approximate surface area is 152 Å². The zero-order valence-corrected chi connectivity index (χ0v) is 15.1. The Kier molecular flexibility index (Phi) is 5.41. The van der Waals surface area contributed by atoms with Gasteiger partial charge in [0, 0.05) is 11.6 Å². The molecule has 0 fully saturated rings. The number of hydrogen-bond acceptors (Lipinski definition) is 6. The highest BCUT2D eigenvalue weighted by molar-refractivity contribution is 6.03. The number of benzene rings is 2. The van der Waals surface area contributed by atoms with Gasteiger partial charge in [0.2, 0.25) is 0 Å². The Morgan fingerprint density at radius 3 is 2.23 bits per heavy atom. The second kappa shape index (κ2) is 7.91. The number of methoxy groups -OCH3 is 3. The van der Waals surface area contributed by atoms with Gasteiger partial charge >= 0.3 is 5.97 Å². The Hall–Kier alpha value is -3.02. The van der Waals surface area contributed by atoms with E-state index in [1.807, 2.05) is 18.2 Å². The van der Waals surface area contributed by atoms with Gasteiger partial charge in [0.05, 0.1) is 32.6 Å². The highest BCUT2D eigenvalue weighted by Gasteiger charge is 2.18. The van der Waals surface area contributed by atoms with E-state index in [1.54, 1.807) is 25.3 Å². The average Bonchev–Trinajstić information content (AvgIpc) is 2.70. The minimum atomic E-state index is -0.565. The van der Waals surface area contributed by atoms with Crippen molar-refractivity contribution in [3.05, 3.63) is 53.1 Å². The minimum absolute atomic E-state index is 0.312. The van der Waals surface area contributed by atoms with Gasteiger partial charge in [0.15, 0.2) is 0 Å². The number of carbonyl (C=O) groups is 1.